The Morgan fingerprint density at radius 2 is 1.88 bits per heavy atom. The number of hydrogen-bond acceptors (Lipinski definition) is 5. The molecule has 1 fully saturated rings. The summed E-state index contributed by atoms with van der Waals surface area (Å²) in [5.74, 6) is 1.41. The topological polar surface area (TPSA) is 71.3 Å². The van der Waals surface area contributed by atoms with Gasteiger partial charge < -0.3 is 9.84 Å². The van der Waals surface area contributed by atoms with Gasteiger partial charge in [0.15, 0.2) is 0 Å². The average Bonchev–Trinajstić information content (AvgIpc) is 3.27. The molecule has 2 aromatic carbocycles. The summed E-state index contributed by atoms with van der Waals surface area (Å²) in [7, 11) is 0. The maximum Gasteiger partial charge on any atom is 0.241 e. The van der Waals surface area contributed by atoms with Crippen LogP contribution in [-0.2, 0) is 17.8 Å². The van der Waals surface area contributed by atoms with E-state index in [0.29, 0.717) is 18.3 Å². The molecular formula is C26H32N4O2. The highest BCUT2D eigenvalue weighted by atomic mass is 16.5. The Morgan fingerprint density at radius 1 is 1.12 bits per heavy atom. The van der Waals surface area contributed by atoms with Crippen LogP contribution >= 0.6 is 0 Å². The lowest BCUT2D eigenvalue weighted by Crippen LogP contribution is -2.37. The van der Waals surface area contributed by atoms with Crippen molar-refractivity contribution in [1.29, 1.82) is 0 Å². The molecule has 168 valence electrons. The van der Waals surface area contributed by atoms with E-state index in [0.717, 1.165) is 49.2 Å². The number of nitrogens with zero attached hydrogens (tertiary/aromatic N) is 3. The summed E-state index contributed by atoms with van der Waals surface area (Å²) in [5.41, 5.74) is 4.33. The lowest BCUT2D eigenvalue weighted by atomic mass is 9.95. The third-order valence-corrected chi connectivity index (χ3v) is 6.21. The van der Waals surface area contributed by atoms with E-state index in [1.54, 1.807) is 0 Å². The van der Waals surface area contributed by atoms with E-state index in [2.05, 4.69) is 39.4 Å². The molecule has 0 aliphatic carbocycles. The predicted octanol–water partition coefficient (Wildman–Crippen LogP) is 5.24. The molecule has 1 N–H and O–H groups in total. The Balaban J connectivity index is 1.25. The Kier molecular flexibility index (Phi) is 7.32. The first-order valence-corrected chi connectivity index (χ1v) is 11.6. The minimum absolute atomic E-state index is 0.0382. The van der Waals surface area contributed by atoms with Crippen LogP contribution in [0.4, 0.5) is 5.69 Å². The van der Waals surface area contributed by atoms with Crippen LogP contribution < -0.4 is 5.32 Å². The number of carbonyl (C=O) groups is 1. The average molecular weight is 433 g/mol. The molecule has 0 unspecified atom stereocenters. The summed E-state index contributed by atoms with van der Waals surface area (Å²) >= 11 is 0. The first-order chi connectivity index (χ1) is 15.6. The number of carbonyl (C=O) groups excluding carboxylic acids is 1. The molecular weight excluding hydrogens is 400 g/mol. The van der Waals surface area contributed by atoms with Crippen molar-refractivity contribution in [2.75, 3.05) is 18.4 Å². The molecule has 0 bridgehead atoms. The van der Waals surface area contributed by atoms with Gasteiger partial charge in [-0.2, -0.15) is 4.98 Å². The Morgan fingerprint density at radius 3 is 2.59 bits per heavy atom. The zero-order valence-corrected chi connectivity index (χ0v) is 19.0. The molecule has 0 saturated carbocycles. The van der Waals surface area contributed by atoms with Crippen molar-refractivity contribution >= 4 is 11.6 Å². The third-order valence-electron chi connectivity index (χ3n) is 6.21. The molecule has 32 heavy (non-hydrogen) atoms. The molecule has 4 rings (SSSR count). The Bertz CT molecular complexity index is 1020. The quantitative estimate of drug-likeness (QED) is 0.527. The van der Waals surface area contributed by atoms with Gasteiger partial charge in [-0.05, 0) is 69.0 Å². The highest BCUT2D eigenvalue weighted by molar-refractivity contribution is 5.92. The number of benzene rings is 2. The number of amides is 1. The van der Waals surface area contributed by atoms with Crippen molar-refractivity contribution in [1.82, 2.24) is 15.0 Å². The number of likely N-dealkylation sites (tertiary alicyclic amines) is 1. The van der Waals surface area contributed by atoms with Crippen molar-refractivity contribution < 1.29 is 9.32 Å². The number of unbranched alkanes of at least 4 members (excludes halogenated alkanes) is 1. The summed E-state index contributed by atoms with van der Waals surface area (Å²) < 4.78 is 5.48. The molecule has 1 aliphatic rings. The van der Waals surface area contributed by atoms with Gasteiger partial charge in [0.25, 0.3) is 0 Å². The fourth-order valence-electron chi connectivity index (χ4n) is 4.18. The maximum atomic E-state index is 12.7. The fourth-order valence-corrected chi connectivity index (χ4v) is 4.18. The molecule has 0 radical (unpaired) electrons. The van der Waals surface area contributed by atoms with Gasteiger partial charge in [-0.25, -0.2) is 0 Å². The van der Waals surface area contributed by atoms with Crippen LogP contribution in [-0.4, -0.2) is 34.0 Å². The van der Waals surface area contributed by atoms with Crippen LogP contribution in [0, 0.1) is 12.8 Å². The zero-order valence-electron chi connectivity index (χ0n) is 19.0. The summed E-state index contributed by atoms with van der Waals surface area (Å²) in [5, 5.41) is 7.24. The molecule has 6 heteroatoms. The molecule has 1 aliphatic heterocycles. The highest BCUT2D eigenvalue weighted by Crippen LogP contribution is 2.23. The first-order valence-electron chi connectivity index (χ1n) is 11.6. The lowest BCUT2D eigenvalue weighted by Gasteiger charge is -2.30. The molecule has 3 aromatic rings. The highest BCUT2D eigenvalue weighted by Gasteiger charge is 2.26. The molecule has 1 aromatic heterocycles. The number of anilines is 1. The molecule has 6 nitrogen and oxygen atoms in total. The van der Waals surface area contributed by atoms with Gasteiger partial charge in [0.1, 0.15) is 0 Å². The van der Waals surface area contributed by atoms with E-state index < -0.39 is 0 Å². The number of piperidine rings is 1. The summed E-state index contributed by atoms with van der Waals surface area (Å²) in [6.07, 6.45) is 5.15. The Labute approximate surface area is 190 Å². The van der Waals surface area contributed by atoms with Crippen molar-refractivity contribution in [3.63, 3.8) is 0 Å². The van der Waals surface area contributed by atoms with Crippen LogP contribution in [0.5, 0.6) is 0 Å². The summed E-state index contributed by atoms with van der Waals surface area (Å²) in [4.78, 5) is 19.6. The Hall–Kier alpha value is -2.99. The first kappa shape index (κ1) is 22.2. The van der Waals surface area contributed by atoms with Crippen LogP contribution in [0.15, 0.2) is 53.1 Å². The zero-order chi connectivity index (χ0) is 22.3. The van der Waals surface area contributed by atoms with E-state index in [1.165, 1.54) is 18.4 Å². The number of rotatable bonds is 8. The van der Waals surface area contributed by atoms with Gasteiger partial charge >= 0.3 is 0 Å². The van der Waals surface area contributed by atoms with Crippen molar-refractivity contribution in [3.05, 3.63) is 65.5 Å². The van der Waals surface area contributed by atoms with Crippen LogP contribution in [0.2, 0.25) is 0 Å². The van der Waals surface area contributed by atoms with E-state index in [9.17, 15) is 4.79 Å². The number of hydrogen-bond donors (Lipinski definition) is 1. The van der Waals surface area contributed by atoms with E-state index in [4.69, 9.17) is 4.52 Å². The SMILES string of the molecule is CCCCc1ccc(NC(=O)C2CCN(Cc3nc(-c4ccccc4C)no3)CC2)cc1. The second-order valence-electron chi connectivity index (χ2n) is 8.67. The summed E-state index contributed by atoms with van der Waals surface area (Å²) in [6.45, 7) is 6.55. The van der Waals surface area contributed by atoms with Crippen LogP contribution in [0.3, 0.4) is 0 Å². The van der Waals surface area contributed by atoms with E-state index in [-0.39, 0.29) is 11.8 Å². The van der Waals surface area contributed by atoms with Crippen molar-refractivity contribution in [3.8, 4) is 11.4 Å². The number of nitrogens with one attached hydrogen (secondary N) is 1. The van der Waals surface area contributed by atoms with Crippen molar-refractivity contribution in [2.24, 2.45) is 5.92 Å². The number of aryl methyl sites for hydroxylation is 2. The molecule has 0 spiro atoms. The van der Waals surface area contributed by atoms with Gasteiger partial charge in [0.2, 0.25) is 17.6 Å². The maximum absolute atomic E-state index is 12.7. The van der Waals surface area contributed by atoms with Gasteiger partial charge in [-0.15, -0.1) is 0 Å². The van der Waals surface area contributed by atoms with E-state index in [1.807, 2.05) is 43.3 Å². The lowest BCUT2D eigenvalue weighted by molar-refractivity contribution is -0.121. The van der Waals surface area contributed by atoms with E-state index >= 15 is 0 Å². The minimum Gasteiger partial charge on any atom is -0.338 e. The normalized spacial score (nSPS) is 15.1. The van der Waals surface area contributed by atoms with Gasteiger partial charge in [0.05, 0.1) is 6.54 Å². The predicted molar refractivity (Wildman–Crippen MR) is 126 cm³/mol. The third kappa shape index (κ3) is 5.62. The fraction of sp³-hybridized carbons (Fsp3) is 0.423. The second kappa shape index (κ2) is 10.6. The molecule has 1 saturated heterocycles. The summed E-state index contributed by atoms with van der Waals surface area (Å²) in [6, 6.07) is 16.3. The van der Waals surface area contributed by atoms with Crippen molar-refractivity contribution in [2.45, 2.75) is 52.5 Å². The minimum atomic E-state index is 0.0382. The van der Waals surface area contributed by atoms with Gasteiger partial charge in [-0.1, -0.05) is 54.9 Å². The largest absolute Gasteiger partial charge is 0.338 e. The number of aromatic nitrogens is 2. The monoisotopic (exact) mass is 432 g/mol. The van der Waals surface area contributed by atoms with Crippen LogP contribution in [0.25, 0.3) is 11.4 Å². The standard InChI is InChI=1S/C26H32N4O2/c1-3-4-8-20-10-12-22(13-11-20)27-26(31)21-14-16-30(17-15-21)18-24-28-25(29-32-24)23-9-6-5-7-19(23)2/h5-7,9-13,21H,3-4,8,14-18H2,1-2H3,(H,27,31). The smallest absolute Gasteiger partial charge is 0.241 e. The molecule has 0 atom stereocenters. The molecule has 1 amide bonds. The molecule has 2 heterocycles. The second-order valence-corrected chi connectivity index (χ2v) is 8.67. The van der Waals surface area contributed by atoms with Crippen LogP contribution in [0.1, 0.15) is 49.6 Å². The van der Waals surface area contributed by atoms with Gasteiger partial charge in [-0.3, -0.25) is 9.69 Å². The van der Waals surface area contributed by atoms with Gasteiger partial charge in [0, 0.05) is 17.2 Å².